The number of aryl methyl sites for hydroxylation is 1. The predicted molar refractivity (Wildman–Crippen MR) is 108 cm³/mol. The maximum Gasteiger partial charge on any atom is 0.271 e. The average molecular weight is 396 g/mol. The Hall–Kier alpha value is -2.73. The minimum Gasteiger partial charge on any atom is -0.493 e. The Morgan fingerprint density at radius 1 is 1.18 bits per heavy atom. The van der Waals surface area contributed by atoms with Crippen molar-refractivity contribution in [2.24, 2.45) is 5.41 Å². The van der Waals surface area contributed by atoms with Crippen molar-refractivity contribution in [1.82, 2.24) is 10.3 Å². The standard InChI is InChI=1S/C22H21FN2O2S/c1-15-25-19(20(28-15)16-5-3-2-4-6-16)21(26)24-13-22(11-12-22)14-27-18-9-7-17(23)8-10-18/h2-10H,11-14H2,1H3,(H,24,26). The molecule has 28 heavy (non-hydrogen) atoms. The molecule has 0 bridgehead atoms. The lowest BCUT2D eigenvalue weighted by Gasteiger charge is -2.17. The van der Waals surface area contributed by atoms with E-state index in [1.807, 2.05) is 37.3 Å². The average Bonchev–Trinajstić information content (AvgIpc) is 3.39. The van der Waals surface area contributed by atoms with Gasteiger partial charge in [0.25, 0.3) is 5.91 Å². The van der Waals surface area contributed by atoms with Crippen LogP contribution >= 0.6 is 11.3 Å². The lowest BCUT2D eigenvalue weighted by molar-refractivity contribution is 0.0934. The normalized spacial score (nSPS) is 14.5. The third-order valence-corrected chi connectivity index (χ3v) is 5.94. The monoisotopic (exact) mass is 396 g/mol. The van der Waals surface area contributed by atoms with Crippen LogP contribution in [0.15, 0.2) is 54.6 Å². The molecule has 1 fully saturated rings. The second-order valence-electron chi connectivity index (χ2n) is 7.20. The number of ether oxygens (including phenoxy) is 1. The summed E-state index contributed by atoms with van der Waals surface area (Å²) in [6.45, 7) is 2.95. The second kappa shape index (κ2) is 7.72. The Labute approximate surface area is 167 Å². The van der Waals surface area contributed by atoms with Gasteiger partial charge in [-0.3, -0.25) is 4.79 Å². The molecule has 1 heterocycles. The number of nitrogens with one attached hydrogen (secondary N) is 1. The molecule has 4 nitrogen and oxygen atoms in total. The van der Waals surface area contributed by atoms with Crippen LogP contribution in [0.2, 0.25) is 0 Å². The Balaban J connectivity index is 1.39. The van der Waals surface area contributed by atoms with Gasteiger partial charge in [-0.05, 0) is 49.6 Å². The maximum absolute atomic E-state index is 13.0. The lowest BCUT2D eigenvalue weighted by Crippen LogP contribution is -2.33. The topological polar surface area (TPSA) is 51.2 Å². The van der Waals surface area contributed by atoms with E-state index in [4.69, 9.17) is 4.74 Å². The van der Waals surface area contributed by atoms with Gasteiger partial charge in [0.1, 0.15) is 17.3 Å². The fourth-order valence-electron chi connectivity index (χ4n) is 3.03. The first-order valence-corrected chi connectivity index (χ1v) is 10.1. The Morgan fingerprint density at radius 2 is 1.89 bits per heavy atom. The molecule has 1 aliphatic rings. The van der Waals surface area contributed by atoms with Crippen LogP contribution in [-0.4, -0.2) is 24.0 Å². The van der Waals surface area contributed by atoms with E-state index in [2.05, 4.69) is 10.3 Å². The molecule has 1 N–H and O–H groups in total. The number of thiazole rings is 1. The number of benzene rings is 2. The number of hydrogen-bond donors (Lipinski definition) is 1. The molecule has 6 heteroatoms. The Kier molecular flexibility index (Phi) is 5.13. The highest BCUT2D eigenvalue weighted by atomic mass is 32.1. The van der Waals surface area contributed by atoms with Crippen LogP contribution in [0.4, 0.5) is 4.39 Å². The molecule has 0 radical (unpaired) electrons. The second-order valence-corrected chi connectivity index (χ2v) is 8.41. The molecule has 2 aromatic carbocycles. The van der Waals surface area contributed by atoms with E-state index in [0.717, 1.165) is 28.3 Å². The third-order valence-electron chi connectivity index (χ3n) is 4.92. The van der Waals surface area contributed by atoms with Gasteiger partial charge in [-0.25, -0.2) is 9.37 Å². The van der Waals surface area contributed by atoms with Crippen molar-refractivity contribution in [2.75, 3.05) is 13.2 Å². The SMILES string of the molecule is Cc1nc(C(=O)NCC2(COc3ccc(F)cc3)CC2)c(-c2ccccc2)s1. The Bertz CT molecular complexity index is 966. The van der Waals surface area contributed by atoms with Gasteiger partial charge >= 0.3 is 0 Å². The molecule has 0 aliphatic heterocycles. The highest BCUT2D eigenvalue weighted by molar-refractivity contribution is 7.15. The van der Waals surface area contributed by atoms with E-state index < -0.39 is 0 Å². The van der Waals surface area contributed by atoms with Crippen molar-refractivity contribution < 1.29 is 13.9 Å². The van der Waals surface area contributed by atoms with Crippen LogP contribution < -0.4 is 10.1 Å². The molecule has 4 rings (SSSR count). The molecular weight excluding hydrogens is 375 g/mol. The number of amides is 1. The zero-order valence-electron chi connectivity index (χ0n) is 15.6. The largest absolute Gasteiger partial charge is 0.493 e. The van der Waals surface area contributed by atoms with Gasteiger partial charge in [0.15, 0.2) is 0 Å². The van der Waals surface area contributed by atoms with E-state index in [-0.39, 0.29) is 17.1 Å². The number of aromatic nitrogens is 1. The fourth-order valence-corrected chi connectivity index (χ4v) is 3.96. The molecule has 1 saturated carbocycles. The first kappa shape index (κ1) is 18.6. The van der Waals surface area contributed by atoms with Gasteiger partial charge in [-0.2, -0.15) is 0 Å². The summed E-state index contributed by atoms with van der Waals surface area (Å²) in [5, 5.41) is 3.90. The van der Waals surface area contributed by atoms with Gasteiger partial charge in [0, 0.05) is 12.0 Å². The van der Waals surface area contributed by atoms with Gasteiger partial charge in [0.05, 0.1) is 16.5 Å². The number of rotatable bonds is 7. The van der Waals surface area contributed by atoms with Crippen LogP contribution in [0.25, 0.3) is 10.4 Å². The van der Waals surface area contributed by atoms with Crippen molar-refractivity contribution in [3.8, 4) is 16.2 Å². The summed E-state index contributed by atoms with van der Waals surface area (Å²) < 4.78 is 18.8. The lowest BCUT2D eigenvalue weighted by atomic mass is 10.1. The van der Waals surface area contributed by atoms with Crippen LogP contribution in [0.3, 0.4) is 0 Å². The van der Waals surface area contributed by atoms with Gasteiger partial charge in [-0.15, -0.1) is 11.3 Å². The molecule has 0 saturated heterocycles. The zero-order chi connectivity index (χ0) is 19.6. The minimum absolute atomic E-state index is 0.0535. The van der Waals surface area contributed by atoms with E-state index >= 15 is 0 Å². The summed E-state index contributed by atoms with van der Waals surface area (Å²) >= 11 is 1.53. The summed E-state index contributed by atoms with van der Waals surface area (Å²) in [6.07, 6.45) is 1.99. The summed E-state index contributed by atoms with van der Waals surface area (Å²) in [5.41, 5.74) is 1.42. The number of hydrogen-bond acceptors (Lipinski definition) is 4. The van der Waals surface area contributed by atoms with E-state index in [9.17, 15) is 9.18 Å². The van der Waals surface area contributed by atoms with Crippen molar-refractivity contribution >= 4 is 17.2 Å². The van der Waals surface area contributed by atoms with E-state index in [1.165, 1.54) is 23.5 Å². The third kappa shape index (κ3) is 4.22. The molecule has 1 aromatic heterocycles. The molecule has 144 valence electrons. The zero-order valence-corrected chi connectivity index (χ0v) is 16.4. The van der Waals surface area contributed by atoms with E-state index in [0.29, 0.717) is 24.6 Å². The summed E-state index contributed by atoms with van der Waals surface area (Å²) in [4.78, 5) is 18.1. The Morgan fingerprint density at radius 3 is 2.57 bits per heavy atom. The number of halogens is 1. The van der Waals surface area contributed by atoms with Crippen molar-refractivity contribution in [2.45, 2.75) is 19.8 Å². The molecular formula is C22H21FN2O2S. The minimum atomic E-state index is -0.284. The van der Waals surface area contributed by atoms with Crippen molar-refractivity contribution in [3.05, 3.63) is 71.1 Å². The molecule has 3 aromatic rings. The van der Waals surface area contributed by atoms with Crippen molar-refractivity contribution in [1.29, 1.82) is 0 Å². The number of carbonyl (C=O) groups excluding carboxylic acids is 1. The first-order valence-electron chi connectivity index (χ1n) is 9.24. The molecule has 0 atom stereocenters. The summed E-state index contributed by atoms with van der Waals surface area (Å²) in [5.74, 6) is 0.199. The smallest absolute Gasteiger partial charge is 0.271 e. The van der Waals surface area contributed by atoms with Gasteiger partial charge in [-0.1, -0.05) is 30.3 Å². The summed E-state index contributed by atoms with van der Waals surface area (Å²) in [7, 11) is 0. The molecule has 0 unspecified atom stereocenters. The first-order chi connectivity index (χ1) is 13.5. The number of nitrogens with zero attached hydrogens (tertiary/aromatic N) is 1. The van der Waals surface area contributed by atoms with Crippen LogP contribution in [0.1, 0.15) is 28.3 Å². The molecule has 1 aliphatic carbocycles. The highest BCUT2D eigenvalue weighted by Crippen LogP contribution is 2.45. The van der Waals surface area contributed by atoms with E-state index in [1.54, 1.807) is 12.1 Å². The van der Waals surface area contributed by atoms with Crippen molar-refractivity contribution in [3.63, 3.8) is 0 Å². The fraction of sp³-hybridized carbons (Fsp3) is 0.273. The van der Waals surface area contributed by atoms with Crippen LogP contribution in [0.5, 0.6) is 5.75 Å². The number of carbonyl (C=O) groups is 1. The molecule has 0 spiro atoms. The van der Waals surface area contributed by atoms with Crippen LogP contribution in [0, 0.1) is 18.2 Å². The molecule has 1 amide bonds. The predicted octanol–water partition coefficient (Wildman–Crippen LogP) is 4.85. The van der Waals surface area contributed by atoms with Gasteiger partial charge < -0.3 is 10.1 Å². The summed E-state index contributed by atoms with van der Waals surface area (Å²) in [6, 6.07) is 15.8. The highest BCUT2D eigenvalue weighted by Gasteiger charge is 2.44. The van der Waals surface area contributed by atoms with Gasteiger partial charge in [0.2, 0.25) is 0 Å². The maximum atomic E-state index is 13.0. The quantitative estimate of drug-likeness (QED) is 0.621. The van der Waals surface area contributed by atoms with Crippen LogP contribution in [-0.2, 0) is 0 Å².